The van der Waals surface area contributed by atoms with Crippen LogP contribution in [0.3, 0.4) is 0 Å². The molecule has 21 heavy (non-hydrogen) atoms. The van der Waals surface area contributed by atoms with Crippen LogP contribution in [0.25, 0.3) is 0 Å². The first-order chi connectivity index (χ1) is 9.93. The van der Waals surface area contributed by atoms with Crippen molar-refractivity contribution in [3.05, 3.63) is 35.9 Å². The molecule has 1 aromatic carbocycles. The summed E-state index contributed by atoms with van der Waals surface area (Å²) in [7, 11) is 0. The van der Waals surface area contributed by atoms with Gasteiger partial charge in [0.05, 0.1) is 0 Å². The number of carboxylic acid groups (broad SMARTS) is 1. The molecule has 3 heteroatoms. The minimum absolute atomic E-state index is 0.594. The number of carbonyl (C=O) groups is 1. The van der Waals surface area contributed by atoms with Crippen LogP contribution in [0.5, 0.6) is 0 Å². The fourth-order valence-corrected chi connectivity index (χ4v) is 3.31. The summed E-state index contributed by atoms with van der Waals surface area (Å²) in [6.07, 6.45) is 2.37. The number of rotatable bonds is 5. The maximum Gasteiger partial charge on any atom is 0.315 e. The number of likely N-dealkylation sites (tertiary alicyclic amines) is 1. The van der Waals surface area contributed by atoms with Crippen molar-refractivity contribution in [2.75, 3.05) is 19.6 Å². The third kappa shape index (κ3) is 3.65. The summed E-state index contributed by atoms with van der Waals surface area (Å²) >= 11 is 0. The Labute approximate surface area is 128 Å². The predicted molar refractivity (Wildman–Crippen MR) is 85.4 cm³/mol. The van der Waals surface area contributed by atoms with Crippen LogP contribution in [-0.4, -0.2) is 35.6 Å². The summed E-state index contributed by atoms with van der Waals surface area (Å²) in [5.74, 6) is 0.779. The Morgan fingerprint density at radius 2 is 1.86 bits per heavy atom. The molecule has 1 N–H and O–H groups in total. The SMILES string of the molecule is CC(C)C1CCN(CC(C)(C(=O)O)c2ccccc2)CC1. The first-order valence-electron chi connectivity index (χ1n) is 7.95. The summed E-state index contributed by atoms with van der Waals surface area (Å²) in [6.45, 7) is 9.03. The molecule has 2 rings (SSSR count). The molecule has 1 saturated heterocycles. The van der Waals surface area contributed by atoms with Crippen LogP contribution in [0.4, 0.5) is 0 Å². The van der Waals surface area contributed by atoms with E-state index < -0.39 is 11.4 Å². The van der Waals surface area contributed by atoms with Gasteiger partial charge in [-0.2, -0.15) is 0 Å². The van der Waals surface area contributed by atoms with Crippen molar-refractivity contribution in [1.29, 1.82) is 0 Å². The van der Waals surface area contributed by atoms with Gasteiger partial charge in [-0.25, -0.2) is 0 Å². The highest BCUT2D eigenvalue weighted by Crippen LogP contribution is 2.29. The molecule has 0 aliphatic carbocycles. The Morgan fingerprint density at radius 1 is 1.29 bits per heavy atom. The van der Waals surface area contributed by atoms with Crippen molar-refractivity contribution in [3.8, 4) is 0 Å². The molecule has 1 fully saturated rings. The van der Waals surface area contributed by atoms with Gasteiger partial charge in [0.1, 0.15) is 5.41 Å². The van der Waals surface area contributed by atoms with Crippen molar-refractivity contribution in [2.45, 2.75) is 39.0 Å². The maximum atomic E-state index is 11.8. The van der Waals surface area contributed by atoms with E-state index in [-0.39, 0.29) is 0 Å². The Bertz CT molecular complexity index is 463. The average Bonchev–Trinajstić information content (AvgIpc) is 2.48. The molecule has 1 atom stereocenters. The van der Waals surface area contributed by atoms with E-state index in [4.69, 9.17) is 0 Å². The molecule has 0 saturated carbocycles. The largest absolute Gasteiger partial charge is 0.481 e. The van der Waals surface area contributed by atoms with Gasteiger partial charge in [-0.1, -0.05) is 44.2 Å². The Balaban J connectivity index is 2.07. The zero-order valence-corrected chi connectivity index (χ0v) is 13.4. The molecule has 1 aliphatic heterocycles. The molecule has 1 aliphatic rings. The Hall–Kier alpha value is -1.35. The van der Waals surface area contributed by atoms with E-state index in [0.717, 1.165) is 30.5 Å². The predicted octanol–water partition coefficient (Wildman–Crippen LogP) is 3.40. The molecule has 3 nitrogen and oxygen atoms in total. The molecule has 1 unspecified atom stereocenters. The van der Waals surface area contributed by atoms with Crippen LogP contribution in [0.1, 0.15) is 39.2 Å². The summed E-state index contributed by atoms with van der Waals surface area (Å²) in [4.78, 5) is 14.2. The summed E-state index contributed by atoms with van der Waals surface area (Å²) in [6, 6.07) is 9.62. The topological polar surface area (TPSA) is 40.5 Å². The number of benzene rings is 1. The van der Waals surface area contributed by atoms with Crippen molar-refractivity contribution in [1.82, 2.24) is 4.90 Å². The van der Waals surface area contributed by atoms with E-state index in [1.807, 2.05) is 37.3 Å². The quantitative estimate of drug-likeness (QED) is 0.903. The molecular weight excluding hydrogens is 262 g/mol. The maximum absolute atomic E-state index is 11.8. The van der Waals surface area contributed by atoms with Crippen molar-refractivity contribution < 1.29 is 9.90 Å². The smallest absolute Gasteiger partial charge is 0.315 e. The van der Waals surface area contributed by atoms with Gasteiger partial charge in [0.25, 0.3) is 0 Å². The minimum atomic E-state index is -0.827. The lowest BCUT2D eigenvalue weighted by Gasteiger charge is -2.38. The van der Waals surface area contributed by atoms with Crippen molar-refractivity contribution in [3.63, 3.8) is 0 Å². The third-order valence-corrected chi connectivity index (χ3v) is 5.00. The number of piperidine rings is 1. The summed E-state index contributed by atoms with van der Waals surface area (Å²) in [5, 5.41) is 9.73. The molecular formula is C18H27NO2. The first kappa shape index (κ1) is 16.0. The number of hydrogen-bond acceptors (Lipinski definition) is 2. The lowest BCUT2D eigenvalue weighted by molar-refractivity contribution is -0.144. The van der Waals surface area contributed by atoms with Gasteiger partial charge < -0.3 is 10.0 Å². The van der Waals surface area contributed by atoms with E-state index in [0.29, 0.717) is 6.54 Å². The van der Waals surface area contributed by atoms with Crippen LogP contribution in [0, 0.1) is 11.8 Å². The summed E-state index contributed by atoms with van der Waals surface area (Å²) < 4.78 is 0. The zero-order valence-electron chi connectivity index (χ0n) is 13.4. The lowest BCUT2D eigenvalue weighted by atomic mass is 9.80. The fourth-order valence-electron chi connectivity index (χ4n) is 3.31. The average molecular weight is 289 g/mol. The molecule has 1 aromatic rings. The second kappa shape index (κ2) is 6.61. The highest BCUT2D eigenvalue weighted by Gasteiger charge is 2.37. The summed E-state index contributed by atoms with van der Waals surface area (Å²) in [5.41, 5.74) is 0.0647. The van der Waals surface area contributed by atoms with Gasteiger partial charge in [-0.15, -0.1) is 0 Å². The van der Waals surface area contributed by atoms with E-state index in [1.165, 1.54) is 12.8 Å². The van der Waals surface area contributed by atoms with E-state index in [2.05, 4.69) is 18.7 Å². The Kier molecular flexibility index (Phi) is 5.04. The molecule has 0 spiro atoms. The van der Waals surface area contributed by atoms with Crippen LogP contribution >= 0.6 is 0 Å². The van der Waals surface area contributed by atoms with Gasteiger partial charge in [0.15, 0.2) is 0 Å². The van der Waals surface area contributed by atoms with Gasteiger partial charge in [-0.3, -0.25) is 4.79 Å². The van der Waals surface area contributed by atoms with Crippen LogP contribution in [0.15, 0.2) is 30.3 Å². The van der Waals surface area contributed by atoms with Crippen LogP contribution in [0.2, 0.25) is 0 Å². The zero-order chi connectivity index (χ0) is 15.5. The molecule has 0 amide bonds. The van der Waals surface area contributed by atoms with Gasteiger partial charge in [-0.05, 0) is 50.3 Å². The van der Waals surface area contributed by atoms with Crippen molar-refractivity contribution in [2.24, 2.45) is 11.8 Å². The highest BCUT2D eigenvalue weighted by atomic mass is 16.4. The van der Waals surface area contributed by atoms with Gasteiger partial charge >= 0.3 is 5.97 Å². The van der Waals surface area contributed by atoms with Gasteiger partial charge in [0.2, 0.25) is 0 Å². The van der Waals surface area contributed by atoms with Crippen LogP contribution < -0.4 is 0 Å². The van der Waals surface area contributed by atoms with Gasteiger partial charge in [0, 0.05) is 6.54 Å². The minimum Gasteiger partial charge on any atom is -0.481 e. The first-order valence-corrected chi connectivity index (χ1v) is 7.95. The molecule has 0 aromatic heterocycles. The normalized spacial score (nSPS) is 20.4. The van der Waals surface area contributed by atoms with E-state index in [1.54, 1.807) is 0 Å². The van der Waals surface area contributed by atoms with E-state index >= 15 is 0 Å². The highest BCUT2D eigenvalue weighted by molar-refractivity contribution is 5.81. The standard InChI is InChI=1S/C18H27NO2/c1-14(2)15-9-11-19(12-10-15)13-18(3,17(20)21)16-7-5-4-6-8-16/h4-8,14-15H,9-13H2,1-3H3,(H,20,21). The number of carboxylic acids is 1. The van der Waals surface area contributed by atoms with Crippen molar-refractivity contribution >= 4 is 5.97 Å². The Morgan fingerprint density at radius 3 is 2.33 bits per heavy atom. The van der Waals surface area contributed by atoms with E-state index in [9.17, 15) is 9.90 Å². The van der Waals surface area contributed by atoms with Crippen LogP contribution in [-0.2, 0) is 10.2 Å². The fraction of sp³-hybridized carbons (Fsp3) is 0.611. The second-order valence-corrected chi connectivity index (χ2v) is 6.86. The number of nitrogens with zero attached hydrogens (tertiary/aromatic N) is 1. The monoisotopic (exact) mass is 289 g/mol. The molecule has 0 bridgehead atoms. The molecule has 1 heterocycles. The third-order valence-electron chi connectivity index (χ3n) is 5.00. The molecule has 0 radical (unpaired) electrons. The number of hydrogen-bond donors (Lipinski definition) is 1. The number of aliphatic carboxylic acids is 1. The molecule has 116 valence electrons. The lowest BCUT2D eigenvalue weighted by Crippen LogP contribution is -2.47. The second-order valence-electron chi connectivity index (χ2n) is 6.86.